The maximum atomic E-state index is 11.5. The number of carbonyl (C=O) groups excluding carboxylic acids is 1. The third-order valence-corrected chi connectivity index (χ3v) is 7.84. The van der Waals surface area contributed by atoms with E-state index in [2.05, 4.69) is 56.7 Å². The van der Waals surface area contributed by atoms with Crippen LogP contribution < -0.4 is 22.1 Å². The van der Waals surface area contributed by atoms with Crippen LogP contribution in [0, 0.1) is 6.92 Å². The number of hydrogen-bond donors (Lipinski definition) is 3. The van der Waals surface area contributed by atoms with E-state index in [0.29, 0.717) is 24.4 Å². The predicted octanol–water partition coefficient (Wildman–Crippen LogP) is 2.19. The lowest BCUT2D eigenvalue weighted by Crippen LogP contribution is -2.58. The highest BCUT2D eigenvalue weighted by Crippen LogP contribution is 2.30. The number of nitrogens with zero attached hydrogens (tertiary/aromatic N) is 5. The van der Waals surface area contributed by atoms with Crippen LogP contribution in [0.1, 0.15) is 53.4 Å². The van der Waals surface area contributed by atoms with E-state index in [0.717, 1.165) is 65.0 Å². The molecule has 0 bridgehead atoms. The molecule has 2 aliphatic rings. The summed E-state index contributed by atoms with van der Waals surface area (Å²) < 4.78 is 0. The third-order valence-electron chi connectivity index (χ3n) is 7.59. The number of piperazine rings is 1. The van der Waals surface area contributed by atoms with Crippen molar-refractivity contribution in [3.05, 3.63) is 45.7 Å². The number of likely N-dealkylation sites (tertiary alicyclic amines) is 1. The van der Waals surface area contributed by atoms with Crippen molar-refractivity contribution in [2.24, 2.45) is 11.5 Å². The lowest BCUT2D eigenvalue weighted by atomic mass is 9.96. The Morgan fingerprint density at radius 3 is 2.56 bits per heavy atom. The summed E-state index contributed by atoms with van der Waals surface area (Å²) in [6.07, 6.45) is 4.29. The van der Waals surface area contributed by atoms with Gasteiger partial charge in [0.25, 0.3) is 5.91 Å². The molecule has 196 valence electrons. The Bertz CT molecular complexity index is 1070. The first-order chi connectivity index (χ1) is 17.3. The quantitative estimate of drug-likeness (QED) is 0.488. The first kappa shape index (κ1) is 26.6. The molecule has 1 amide bonds. The van der Waals surface area contributed by atoms with Gasteiger partial charge in [-0.05, 0) is 63.4 Å². The van der Waals surface area contributed by atoms with Gasteiger partial charge in [-0.15, -0.1) is 0 Å². The van der Waals surface area contributed by atoms with Gasteiger partial charge in [0.2, 0.25) is 0 Å². The Morgan fingerprint density at radius 1 is 1.14 bits per heavy atom. The minimum absolute atomic E-state index is 0.0212. The Balaban J connectivity index is 1.37. The highest BCUT2D eigenvalue weighted by Gasteiger charge is 2.34. The normalized spacial score (nSPS) is 20.1. The molecule has 1 aromatic carbocycles. The van der Waals surface area contributed by atoms with Gasteiger partial charge in [0.15, 0.2) is 22.5 Å². The van der Waals surface area contributed by atoms with Crippen molar-refractivity contribution in [3.63, 3.8) is 0 Å². The van der Waals surface area contributed by atoms with Gasteiger partial charge >= 0.3 is 0 Å². The maximum absolute atomic E-state index is 11.5. The van der Waals surface area contributed by atoms with Gasteiger partial charge < -0.3 is 22.1 Å². The minimum Gasteiger partial charge on any atom is -0.382 e. The minimum atomic E-state index is -0.728. The molecule has 2 saturated heterocycles. The number of amides is 1. The van der Waals surface area contributed by atoms with Gasteiger partial charge in [-0.3, -0.25) is 14.6 Å². The molecule has 4 rings (SSSR count). The molecular weight excluding hydrogens is 476 g/mol. The van der Waals surface area contributed by atoms with Gasteiger partial charge in [-0.25, -0.2) is 9.97 Å². The number of anilines is 2. The lowest BCUT2D eigenvalue weighted by molar-refractivity contribution is 0.0610. The molecule has 2 aliphatic heterocycles. The summed E-state index contributed by atoms with van der Waals surface area (Å²) in [4.78, 5) is 27.4. The summed E-state index contributed by atoms with van der Waals surface area (Å²) in [7, 11) is 0. The van der Waals surface area contributed by atoms with Crippen molar-refractivity contribution in [1.29, 1.82) is 0 Å². The Kier molecular flexibility index (Phi) is 8.66. The van der Waals surface area contributed by atoms with Crippen molar-refractivity contribution in [2.45, 2.75) is 58.2 Å². The zero-order chi connectivity index (χ0) is 25.8. The molecule has 3 heterocycles. The number of carbonyl (C=O) groups is 1. The highest BCUT2D eigenvalue weighted by molar-refractivity contribution is 6.32. The van der Waals surface area contributed by atoms with Crippen LogP contribution in [0.4, 0.5) is 11.6 Å². The molecule has 0 radical (unpaired) electrons. The van der Waals surface area contributed by atoms with Crippen LogP contribution in [0.25, 0.3) is 0 Å². The molecule has 36 heavy (non-hydrogen) atoms. The Hall–Kier alpha value is -2.46. The molecular formula is C26H39ClN8O. The van der Waals surface area contributed by atoms with E-state index in [4.69, 9.17) is 28.8 Å². The van der Waals surface area contributed by atoms with E-state index in [1.807, 2.05) is 0 Å². The van der Waals surface area contributed by atoms with Crippen LogP contribution in [0.5, 0.6) is 0 Å². The van der Waals surface area contributed by atoms with Crippen LogP contribution in [0.3, 0.4) is 0 Å². The number of benzene rings is 1. The number of nitrogens with two attached hydrogens (primary N) is 3. The lowest BCUT2D eigenvalue weighted by Gasteiger charge is -2.47. The van der Waals surface area contributed by atoms with Crippen LogP contribution >= 0.6 is 11.6 Å². The number of aryl methyl sites for hydroxylation is 1. The summed E-state index contributed by atoms with van der Waals surface area (Å²) in [6, 6.07) is 7.72. The monoisotopic (exact) mass is 514 g/mol. The molecule has 0 saturated carbocycles. The van der Waals surface area contributed by atoms with Crippen molar-refractivity contribution in [2.75, 3.05) is 49.9 Å². The number of hydrogen-bond acceptors (Lipinski definition) is 8. The molecule has 1 atom stereocenters. The number of primary amides is 1. The number of halogens is 1. The predicted molar refractivity (Wildman–Crippen MR) is 145 cm³/mol. The summed E-state index contributed by atoms with van der Waals surface area (Å²) in [6.45, 7) is 10.7. The third kappa shape index (κ3) is 5.91. The molecule has 6 N–H and O–H groups in total. The van der Waals surface area contributed by atoms with E-state index in [1.165, 1.54) is 16.7 Å². The summed E-state index contributed by atoms with van der Waals surface area (Å²) in [5, 5.41) is 0.166. The fraction of sp³-hybridized carbons (Fsp3) is 0.577. The first-order valence-electron chi connectivity index (χ1n) is 12.9. The van der Waals surface area contributed by atoms with Crippen LogP contribution in [-0.4, -0.2) is 77.0 Å². The Morgan fingerprint density at radius 2 is 1.89 bits per heavy atom. The van der Waals surface area contributed by atoms with Crippen molar-refractivity contribution in [1.82, 2.24) is 19.8 Å². The van der Waals surface area contributed by atoms with E-state index in [9.17, 15) is 4.79 Å². The van der Waals surface area contributed by atoms with Gasteiger partial charge in [0, 0.05) is 38.3 Å². The smallest absolute Gasteiger partial charge is 0.271 e. The van der Waals surface area contributed by atoms with Crippen LogP contribution in [0.15, 0.2) is 18.2 Å². The van der Waals surface area contributed by atoms with Crippen molar-refractivity contribution in [3.8, 4) is 0 Å². The van der Waals surface area contributed by atoms with Gasteiger partial charge in [0.05, 0.1) is 0 Å². The molecule has 1 aromatic heterocycles. The molecule has 9 nitrogen and oxygen atoms in total. The number of rotatable bonds is 8. The van der Waals surface area contributed by atoms with Gasteiger partial charge in [0.1, 0.15) is 0 Å². The highest BCUT2D eigenvalue weighted by atomic mass is 35.5. The largest absolute Gasteiger partial charge is 0.382 e. The SMILES string of the molecule is CCC1CN(c2nc(N)c(C(N)=O)nc2Cl)CCN1C1CCN(Cc2ccc(C)cc2CCN)CC1. The van der Waals surface area contributed by atoms with Gasteiger partial charge in [-0.2, -0.15) is 0 Å². The number of nitrogen functional groups attached to an aromatic ring is 1. The number of aromatic nitrogens is 2. The van der Waals surface area contributed by atoms with Crippen LogP contribution in [-0.2, 0) is 13.0 Å². The zero-order valence-corrected chi connectivity index (χ0v) is 22.2. The van der Waals surface area contributed by atoms with Crippen molar-refractivity contribution >= 4 is 29.1 Å². The summed E-state index contributed by atoms with van der Waals surface area (Å²) in [5.74, 6) is -0.180. The molecule has 0 spiro atoms. The number of piperidine rings is 1. The average molecular weight is 515 g/mol. The van der Waals surface area contributed by atoms with E-state index >= 15 is 0 Å². The molecule has 2 aromatic rings. The Labute approximate surface area is 219 Å². The zero-order valence-electron chi connectivity index (χ0n) is 21.4. The molecule has 0 aliphatic carbocycles. The molecule has 10 heteroatoms. The van der Waals surface area contributed by atoms with Crippen molar-refractivity contribution < 1.29 is 4.79 Å². The molecule has 2 fully saturated rings. The topological polar surface area (TPSA) is 131 Å². The summed E-state index contributed by atoms with van der Waals surface area (Å²) >= 11 is 6.37. The second-order valence-electron chi connectivity index (χ2n) is 10.0. The van der Waals surface area contributed by atoms with E-state index in [-0.39, 0.29) is 16.7 Å². The van der Waals surface area contributed by atoms with Crippen LogP contribution in [0.2, 0.25) is 5.15 Å². The fourth-order valence-corrected chi connectivity index (χ4v) is 5.90. The first-order valence-corrected chi connectivity index (χ1v) is 13.3. The standard InChI is InChI=1S/C26H39ClN8O/c1-3-20-16-34(26-23(27)31-22(25(30)36)24(29)32-26)12-13-35(20)21-7-10-33(11-8-21)15-19-5-4-17(2)14-18(19)6-9-28/h4-5,14,20-21H,3,6-13,15-16,28H2,1-2H3,(H2,29,32)(H2,30,36). The van der Waals surface area contributed by atoms with E-state index < -0.39 is 5.91 Å². The second-order valence-corrected chi connectivity index (χ2v) is 10.4. The molecule has 1 unspecified atom stereocenters. The maximum Gasteiger partial charge on any atom is 0.271 e. The van der Waals surface area contributed by atoms with E-state index in [1.54, 1.807) is 0 Å². The fourth-order valence-electron chi connectivity index (χ4n) is 5.65. The second kappa shape index (κ2) is 11.7. The summed E-state index contributed by atoms with van der Waals surface area (Å²) in [5.41, 5.74) is 21.1. The van der Waals surface area contributed by atoms with Gasteiger partial charge in [-0.1, -0.05) is 42.3 Å². The average Bonchev–Trinajstić information content (AvgIpc) is 2.87.